The summed E-state index contributed by atoms with van der Waals surface area (Å²) in [5, 5.41) is 0. The van der Waals surface area contributed by atoms with Gasteiger partial charge in [0.2, 0.25) is 0 Å². The summed E-state index contributed by atoms with van der Waals surface area (Å²) in [6.07, 6.45) is 4.33. The van der Waals surface area contributed by atoms with Crippen LogP contribution in [0.5, 0.6) is 0 Å². The van der Waals surface area contributed by atoms with Gasteiger partial charge in [-0.05, 0) is 55.4 Å². The smallest absolute Gasteiger partial charge is 0.0397 e. The van der Waals surface area contributed by atoms with Gasteiger partial charge in [0, 0.05) is 24.5 Å². The Morgan fingerprint density at radius 3 is 2.50 bits per heavy atom. The fourth-order valence-corrected chi connectivity index (χ4v) is 3.47. The second-order valence-electron chi connectivity index (χ2n) is 5.40. The number of hydrogen-bond acceptors (Lipinski definition) is 2. The first kappa shape index (κ1) is 10.0. The van der Waals surface area contributed by atoms with E-state index in [2.05, 4.69) is 24.0 Å². The summed E-state index contributed by atoms with van der Waals surface area (Å²) in [5.41, 5.74) is 9.39. The van der Waals surface area contributed by atoms with Crippen LogP contribution in [0.2, 0.25) is 0 Å². The van der Waals surface area contributed by atoms with Crippen LogP contribution in [-0.4, -0.2) is 13.1 Å². The highest BCUT2D eigenvalue weighted by atomic mass is 15.2. The molecule has 1 aromatic rings. The minimum Gasteiger partial charge on any atom is -0.399 e. The number of nitrogens with zero attached hydrogens (tertiary/aromatic N) is 1. The minimum absolute atomic E-state index is 0.876. The molecule has 86 valence electrons. The van der Waals surface area contributed by atoms with Gasteiger partial charge in [-0.1, -0.05) is 6.42 Å². The van der Waals surface area contributed by atoms with Crippen molar-refractivity contribution in [3.63, 3.8) is 0 Å². The van der Waals surface area contributed by atoms with E-state index in [0.717, 1.165) is 17.5 Å². The molecular weight excluding hydrogens is 196 g/mol. The number of benzene rings is 1. The van der Waals surface area contributed by atoms with E-state index < -0.39 is 0 Å². The first-order chi connectivity index (χ1) is 7.74. The largest absolute Gasteiger partial charge is 0.399 e. The molecule has 2 unspecified atom stereocenters. The third-order valence-electron chi connectivity index (χ3n) is 4.29. The topological polar surface area (TPSA) is 29.3 Å². The van der Waals surface area contributed by atoms with Crippen molar-refractivity contribution in [3.8, 4) is 0 Å². The summed E-state index contributed by atoms with van der Waals surface area (Å²) in [7, 11) is 0. The van der Waals surface area contributed by atoms with Crippen LogP contribution in [0.15, 0.2) is 18.2 Å². The first-order valence-electron chi connectivity index (χ1n) is 6.35. The van der Waals surface area contributed by atoms with Gasteiger partial charge in [-0.2, -0.15) is 0 Å². The van der Waals surface area contributed by atoms with E-state index in [-0.39, 0.29) is 0 Å². The zero-order chi connectivity index (χ0) is 11.1. The van der Waals surface area contributed by atoms with Gasteiger partial charge in [0.05, 0.1) is 0 Å². The number of fused-ring (bicyclic) bond motifs is 1. The lowest BCUT2D eigenvalue weighted by molar-refractivity contribution is 0.494. The molecule has 1 heterocycles. The predicted molar refractivity (Wildman–Crippen MR) is 68.6 cm³/mol. The summed E-state index contributed by atoms with van der Waals surface area (Å²) in [6, 6.07) is 6.30. The predicted octanol–water partition coefficient (Wildman–Crippen LogP) is 2.81. The van der Waals surface area contributed by atoms with Crippen molar-refractivity contribution in [2.45, 2.75) is 26.2 Å². The molecule has 1 aliphatic carbocycles. The Morgan fingerprint density at radius 1 is 1.19 bits per heavy atom. The summed E-state index contributed by atoms with van der Waals surface area (Å²) >= 11 is 0. The van der Waals surface area contributed by atoms with Gasteiger partial charge in [-0.3, -0.25) is 0 Å². The molecule has 2 nitrogen and oxygen atoms in total. The molecule has 0 bridgehead atoms. The number of nitrogen functional groups attached to an aromatic ring is 1. The molecule has 2 aliphatic rings. The summed E-state index contributed by atoms with van der Waals surface area (Å²) in [6.45, 7) is 4.69. The second kappa shape index (κ2) is 3.69. The molecule has 2 heteroatoms. The highest BCUT2D eigenvalue weighted by molar-refractivity contribution is 5.59. The quantitative estimate of drug-likeness (QED) is 0.731. The molecule has 0 aromatic heterocycles. The normalized spacial score (nSPS) is 28.4. The monoisotopic (exact) mass is 216 g/mol. The molecule has 1 saturated heterocycles. The number of anilines is 2. The third kappa shape index (κ3) is 1.57. The van der Waals surface area contributed by atoms with E-state index >= 15 is 0 Å². The van der Waals surface area contributed by atoms with Crippen LogP contribution in [0.25, 0.3) is 0 Å². The lowest BCUT2D eigenvalue weighted by Gasteiger charge is -2.22. The Labute approximate surface area is 97.4 Å². The van der Waals surface area contributed by atoms with Crippen LogP contribution in [-0.2, 0) is 0 Å². The SMILES string of the molecule is Cc1cc(N)ccc1N1CC2CCCC2C1. The third-order valence-corrected chi connectivity index (χ3v) is 4.29. The molecular formula is C14H20N2. The van der Waals surface area contributed by atoms with Crippen LogP contribution in [0.3, 0.4) is 0 Å². The van der Waals surface area contributed by atoms with Crippen LogP contribution in [0, 0.1) is 18.8 Å². The first-order valence-corrected chi connectivity index (χ1v) is 6.35. The van der Waals surface area contributed by atoms with Crippen molar-refractivity contribution in [1.82, 2.24) is 0 Å². The van der Waals surface area contributed by atoms with Crippen LogP contribution in [0.1, 0.15) is 24.8 Å². The summed E-state index contributed by atoms with van der Waals surface area (Å²) in [4.78, 5) is 2.56. The molecule has 1 aliphatic heterocycles. The Hall–Kier alpha value is -1.18. The summed E-state index contributed by atoms with van der Waals surface area (Å²) < 4.78 is 0. The zero-order valence-corrected chi connectivity index (χ0v) is 9.95. The fraction of sp³-hybridized carbons (Fsp3) is 0.571. The van der Waals surface area contributed by atoms with Crippen molar-refractivity contribution in [2.24, 2.45) is 11.8 Å². The van der Waals surface area contributed by atoms with Crippen LogP contribution >= 0.6 is 0 Å². The Balaban J connectivity index is 1.83. The summed E-state index contributed by atoms with van der Waals surface area (Å²) in [5.74, 6) is 1.91. The van der Waals surface area contributed by atoms with Crippen molar-refractivity contribution in [2.75, 3.05) is 23.7 Å². The van der Waals surface area contributed by atoms with Crippen LogP contribution in [0.4, 0.5) is 11.4 Å². The molecule has 3 rings (SSSR count). The standard InChI is InChI=1S/C14H20N2/c1-10-7-13(15)5-6-14(10)16-8-11-3-2-4-12(11)9-16/h5-7,11-12H,2-4,8-9,15H2,1H3. The average molecular weight is 216 g/mol. The number of hydrogen-bond donors (Lipinski definition) is 1. The maximum atomic E-state index is 5.80. The van der Waals surface area contributed by atoms with Crippen molar-refractivity contribution in [3.05, 3.63) is 23.8 Å². The highest BCUT2D eigenvalue weighted by Crippen LogP contribution is 2.40. The molecule has 2 fully saturated rings. The van der Waals surface area contributed by atoms with Gasteiger partial charge < -0.3 is 10.6 Å². The zero-order valence-electron chi connectivity index (χ0n) is 9.95. The molecule has 0 spiro atoms. The number of aryl methyl sites for hydroxylation is 1. The average Bonchev–Trinajstić information content (AvgIpc) is 2.76. The number of rotatable bonds is 1. The second-order valence-corrected chi connectivity index (χ2v) is 5.40. The fourth-order valence-electron chi connectivity index (χ4n) is 3.47. The van der Waals surface area contributed by atoms with Gasteiger partial charge in [0.15, 0.2) is 0 Å². The number of nitrogens with two attached hydrogens (primary N) is 1. The van der Waals surface area contributed by atoms with E-state index in [9.17, 15) is 0 Å². The Morgan fingerprint density at radius 2 is 1.88 bits per heavy atom. The molecule has 0 radical (unpaired) electrons. The lowest BCUT2D eigenvalue weighted by Crippen LogP contribution is -2.21. The van der Waals surface area contributed by atoms with Crippen LogP contribution < -0.4 is 10.6 Å². The highest BCUT2D eigenvalue weighted by Gasteiger charge is 2.36. The van der Waals surface area contributed by atoms with Crippen molar-refractivity contribution >= 4 is 11.4 Å². The maximum absolute atomic E-state index is 5.80. The molecule has 1 saturated carbocycles. The van der Waals surface area contributed by atoms with Gasteiger partial charge >= 0.3 is 0 Å². The molecule has 1 aromatic carbocycles. The Kier molecular flexibility index (Phi) is 2.31. The van der Waals surface area contributed by atoms with E-state index in [1.54, 1.807) is 0 Å². The minimum atomic E-state index is 0.876. The van der Waals surface area contributed by atoms with E-state index in [4.69, 9.17) is 5.73 Å². The van der Waals surface area contributed by atoms with E-state index in [1.165, 1.54) is 43.6 Å². The van der Waals surface area contributed by atoms with Gasteiger partial charge in [0.25, 0.3) is 0 Å². The lowest BCUT2D eigenvalue weighted by atomic mass is 10.0. The maximum Gasteiger partial charge on any atom is 0.0397 e. The molecule has 0 amide bonds. The van der Waals surface area contributed by atoms with Crippen molar-refractivity contribution in [1.29, 1.82) is 0 Å². The van der Waals surface area contributed by atoms with Gasteiger partial charge in [-0.25, -0.2) is 0 Å². The van der Waals surface area contributed by atoms with E-state index in [0.29, 0.717) is 0 Å². The molecule has 16 heavy (non-hydrogen) atoms. The van der Waals surface area contributed by atoms with Gasteiger partial charge in [-0.15, -0.1) is 0 Å². The molecule has 2 atom stereocenters. The van der Waals surface area contributed by atoms with E-state index in [1.807, 2.05) is 6.07 Å². The van der Waals surface area contributed by atoms with Crippen molar-refractivity contribution < 1.29 is 0 Å². The van der Waals surface area contributed by atoms with Gasteiger partial charge in [0.1, 0.15) is 0 Å². The molecule has 2 N–H and O–H groups in total. The Bertz CT molecular complexity index is 388.